The molecule has 1 rings (SSSR count). The Labute approximate surface area is 97.7 Å². The third-order valence-electron chi connectivity index (χ3n) is 2.63. The van der Waals surface area contributed by atoms with E-state index >= 15 is 0 Å². The SMILES string of the molecule is CNC(C)CCSc1ccc(C)cc1C. The highest BCUT2D eigenvalue weighted by atomic mass is 32.2. The van der Waals surface area contributed by atoms with E-state index in [-0.39, 0.29) is 0 Å². The Morgan fingerprint density at radius 2 is 2.07 bits per heavy atom. The maximum Gasteiger partial charge on any atom is 0.0101 e. The Balaban J connectivity index is 2.44. The summed E-state index contributed by atoms with van der Waals surface area (Å²) in [5.41, 5.74) is 2.75. The molecule has 0 heterocycles. The molecule has 0 aliphatic rings. The fourth-order valence-electron chi connectivity index (χ4n) is 1.45. The fourth-order valence-corrected chi connectivity index (χ4v) is 2.59. The van der Waals surface area contributed by atoms with Gasteiger partial charge in [0.1, 0.15) is 0 Å². The van der Waals surface area contributed by atoms with Crippen LogP contribution in [0.3, 0.4) is 0 Å². The maximum absolute atomic E-state index is 3.26. The molecule has 1 nitrogen and oxygen atoms in total. The van der Waals surface area contributed by atoms with Crippen LogP contribution in [0.25, 0.3) is 0 Å². The lowest BCUT2D eigenvalue weighted by atomic mass is 10.2. The second kappa shape index (κ2) is 6.19. The Kier molecular flexibility index (Phi) is 5.20. The number of hydrogen-bond acceptors (Lipinski definition) is 2. The molecule has 0 saturated heterocycles. The smallest absolute Gasteiger partial charge is 0.0101 e. The van der Waals surface area contributed by atoms with Gasteiger partial charge in [-0.25, -0.2) is 0 Å². The van der Waals surface area contributed by atoms with Gasteiger partial charge in [-0.2, -0.15) is 0 Å². The average molecular weight is 223 g/mol. The molecular formula is C13H21NS. The molecule has 0 spiro atoms. The number of hydrogen-bond donors (Lipinski definition) is 1. The standard InChI is InChI=1S/C13H21NS/c1-10-5-6-13(11(2)9-10)15-8-7-12(3)14-4/h5-6,9,12,14H,7-8H2,1-4H3. The first-order valence-electron chi connectivity index (χ1n) is 5.51. The highest BCUT2D eigenvalue weighted by Gasteiger charge is 2.01. The number of aryl methyl sites for hydroxylation is 2. The Hall–Kier alpha value is -0.470. The molecular weight excluding hydrogens is 202 g/mol. The highest BCUT2D eigenvalue weighted by molar-refractivity contribution is 7.99. The lowest BCUT2D eigenvalue weighted by molar-refractivity contribution is 0.598. The molecule has 1 N–H and O–H groups in total. The van der Waals surface area contributed by atoms with Crippen LogP contribution in [0.2, 0.25) is 0 Å². The van der Waals surface area contributed by atoms with Crippen molar-refractivity contribution < 1.29 is 0 Å². The quantitative estimate of drug-likeness (QED) is 0.768. The van der Waals surface area contributed by atoms with Crippen molar-refractivity contribution in [1.82, 2.24) is 5.32 Å². The van der Waals surface area contributed by atoms with Crippen LogP contribution in [0, 0.1) is 13.8 Å². The Bertz CT molecular complexity index is 309. The van der Waals surface area contributed by atoms with Crippen molar-refractivity contribution in [2.75, 3.05) is 12.8 Å². The van der Waals surface area contributed by atoms with Gasteiger partial charge in [0.25, 0.3) is 0 Å². The molecule has 1 atom stereocenters. The van der Waals surface area contributed by atoms with Crippen LogP contribution >= 0.6 is 11.8 Å². The summed E-state index contributed by atoms with van der Waals surface area (Å²) in [4.78, 5) is 1.42. The van der Waals surface area contributed by atoms with Crippen molar-refractivity contribution in [1.29, 1.82) is 0 Å². The molecule has 1 unspecified atom stereocenters. The molecule has 1 aromatic rings. The number of benzene rings is 1. The van der Waals surface area contributed by atoms with Crippen molar-refractivity contribution in [2.45, 2.75) is 38.1 Å². The number of nitrogens with one attached hydrogen (secondary N) is 1. The van der Waals surface area contributed by atoms with E-state index in [0.29, 0.717) is 6.04 Å². The van der Waals surface area contributed by atoms with Gasteiger partial charge in [-0.05, 0) is 51.6 Å². The van der Waals surface area contributed by atoms with E-state index in [2.05, 4.69) is 44.3 Å². The van der Waals surface area contributed by atoms with Crippen LogP contribution in [-0.2, 0) is 0 Å². The van der Waals surface area contributed by atoms with E-state index in [1.54, 1.807) is 0 Å². The third-order valence-corrected chi connectivity index (χ3v) is 3.84. The normalized spacial score (nSPS) is 12.8. The predicted molar refractivity (Wildman–Crippen MR) is 69.8 cm³/mol. The van der Waals surface area contributed by atoms with E-state index in [9.17, 15) is 0 Å². The second-order valence-electron chi connectivity index (χ2n) is 4.10. The van der Waals surface area contributed by atoms with Crippen LogP contribution in [-0.4, -0.2) is 18.8 Å². The molecule has 1 aromatic carbocycles. The van der Waals surface area contributed by atoms with E-state index in [0.717, 1.165) is 0 Å². The molecule has 0 fully saturated rings. The largest absolute Gasteiger partial charge is 0.317 e. The lowest BCUT2D eigenvalue weighted by Gasteiger charge is -2.10. The lowest BCUT2D eigenvalue weighted by Crippen LogP contribution is -2.21. The summed E-state index contributed by atoms with van der Waals surface area (Å²) in [5, 5.41) is 3.26. The van der Waals surface area contributed by atoms with Crippen molar-refractivity contribution in [2.24, 2.45) is 0 Å². The molecule has 0 bridgehead atoms. The molecule has 15 heavy (non-hydrogen) atoms. The molecule has 0 aromatic heterocycles. The van der Waals surface area contributed by atoms with Crippen molar-refractivity contribution >= 4 is 11.8 Å². The molecule has 84 valence electrons. The zero-order valence-corrected chi connectivity index (χ0v) is 10.9. The molecule has 0 aliphatic carbocycles. The van der Waals surface area contributed by atoms with Gasteiger partial charge in [-0.15, -0.1) is 11.8 Å². The molecule has 0 amide bonds. The first-order chi connectivity index (χ1) is 7.13. The summed E-state index contributed by atoms with van der Waals surface area (Å²) in [6, 6.07) is 7.29. The van der Waals surface area contributed by atoms with E-state index < -0.39 is 0 Å². The van der Waals surface area contributed by atoms with Crippen LogP contribution in [0.4, 0.5) is 0 Å². The summed E-state index contributed by atoms with van der Waals surface area (Å²) in [5.74, 6) is 1.19. The summed E-state index contributed by atoms with van der Waals surface area (Å²) in [6.07, 6.45) is 1.22. The van der Waals surface area contributed by atoms with Gasteiger partial charge < -0.3 is 5.32 Å². The van der Waals surface area contributed by atoms with Crippen LogP contribution in [0.15, 0.2) is 23.1 Å². The van der Waals surface area contributed by atoms with Crippen LogP contribution in [0.1, 0.15) is 24.5 Å². The monoisotopic (exact) mass is 223 g/mol. The summed E-state index contributed by atoms with van der Waals surface area (Å²) < 4.78 is 0. The first-order valence-corrected chi connectivity index (χ1v) is 6.49. The zero-order valence-electron chi connectivity index (χ0n) is 10.1. The van der Waals surface area contributed by atoms with Crippen LogP contribution < -0.4 is 5.32 Å². The van der Waals surface area contributed by atoms with Gasteiger partial charge in [-0.1, -0.05) is 17.7 Å². The van der Waals surface area contributed by atoms with Gasteiger partial charge >= 0.3 is 0 Å². The van der Waals surface area contributed by atoms with Gasteiger partial charge in [0.05, 0.1) is 0 Å². The summed E-state index contributed by atoms with van der Waals surface area (Å²) >= 11 is 1.96. The van der Waals surface area contributed by atoms with Crippen molar-refractivity contribution in [3.63, 3.8) is 0 Å². The minimum atomic E-state index is 0.614. The number of thioether (sulfide) groups is 1. The van der Waals surface area contributed by atoms with Gasteiger partial charge in [0, 0.05) is 10.9 Å². The summed E-state index contributed by atoms with van der Waals surface area (Å²) in [6.45, 7) is 6.56. The Morgan fingerprint density at radius 3 is 2.67 bits per heavy atom. The zero-order chi connectivity index (χ0) is 11.3. The molecule has 0 radical (unpaired) electrons. The minimum absolute atomic E-state index is 0.614. The van der Waals surface area contributed by atoms with Crippen LogP contribution in [0.5, 0.6) is 0 Å². The van der Waals surface area contributed by atoms with Gasteiger partial charge in [0.15, 0.2) is 0 Å². The topological polar surface area (TPSA) is 12.0 Å². The predicted octanol–water partition coefficient (Wildman–Crippen LogP) is 3.39. The Morgan fingerprint density at radius 1 is 1.33 bits per heavy atom. The van der Waals surface area contributed by atoms with E-state index in [1.165, 1.54) is 28.2 Å². The third kappa shape index (κ3) is 4.27. The van der Waals surface area contributed by atoms with Gasteiger partial charge in [0.2, 0.25) is 0 Å². The maximum atomic E-state index is 3.26. The number of rotatable bonds is 5. The minimum Gasteiger partial charge on any atom is -0.317 e. The summed E-state index contributed by atoms with van der Waals surface area (Å²) in [7, 11) is 2.02. The fraction of sp³-hybridized carbons (Fsp3) is 0.538. The van der Waals surface area contributed by atoms with Crippen molar-refractivity contribution in [3.05, 3.63) is 29.3 Å². The molecule has 0 saturated carbocycles. The first kappa shape index (κ1) is 12.6. The van der Waals surface area contributed by atoms with E-state index in [4.69, 9.17) is 0 Å². The van der Waals surface area contributed by atoms with Crippen molar-refractivity contribution in [3.8, 4) is 0 Å². The highest BCUT2D eigenvalue weighted by Crippen LogP contribution is 2.23. The average Bonchev–Trinajstić information content (AvgIpc) is 2.21. The second-order valence-corrected chi connectivity index (χ2v) is 5.23. The van der Waals surface area contributed by atoms with Gasteiger partial charge in [-0.3, -0.25) is 0 Å². The van der Waals surface area contributed by atoms with E-state index in [1.807, 2.05) is 18.8 Å². The molecule has 2 heteroatoms. The molecule has 0 aliphatic heterocycles.